The summed E-state index contributed by atoms with van der Waals surface area (Å²) in [5, 5.41) is 8.90. The molecule has 0 saturated heterocycles. The highest BCUT2D eigenvalue weighted by atomic mass is 35.5. The third-order valence-electron chi connectivity index (χ3n) is 1.50. The lowest BCUT2D eigenvalue weighted by atomic mass is 10.1. The van der Waals surface area contributed by atoms with Crippen molar-refractivity contribution >= 4 is 17.6 Å². The second-order valence-electron chi connectivity index (χ2n) is 2.32. The van der Waals surface area contributed by atoms with Gasteiger partial charge >= 0.3 is 5.97 Å². The summed E-state index contributed by atoms with van der Waals surface area (Å²) in [6, 6.07) is 4.71. The van der Waals surface area contributed by atoms with Crippen LogP contribution in [-0.4, -0.2) is 11.1 Å². The lowest BCUT2D eigenvalue weighted by Crippen LogP contribution is -2.01. The van der Waals surface area contributed by atoms with E-state index in [-0.39, 0.29) is 10.6 Å². The minimum absolute atomic E-state index is 0.0969. The van der Waals surface area contributed by atoms with Gasteiger partial charge in [0.2, 0.25) is 0 Å². The van der Waals surface area contributed by atoms with E-state index in [1.54, 1.807) is 6.07 Å². The van der Waals surface area contributed by atoms with Crippen molar-refractivity contribution in [3.05, 3.63) is 34.3 Å². The summed E-state index contributed by atoms with van der Waals surface area (Å²) >= 11 is 5.63. The third kappa shape index (κ3) is 3.36. The van der Waals surface area contributed by atoms with E-state index in [4.69, 9.17) is 22.4 Å². The zero-order valence-corrected chi connectivity index (χ0v) is 9.01. The van der Waals surface area contributed by atoms with Crippen LogP contribution in [0.5, 0.6) is 0 Å². The van der Waals surface area contributed by atoms with Gasteiger partial charge in [0.1, 0.15) is 0 Å². The van der Waals surface area contributed by atoms with E-state index in [0.29, 0.717) is 6.54 Å². The summed E-state index contributed by atoms with van der Waals surface area (Å²) in [6.07, 6.45) is 0. The minimum atomic E-state index is -1.03. The van der Waals surface area contributed by atoms with Crippen molar-refractivity contribution in [1.82, 2.24) is 0 Å². The standard InChI is InChI=1S/C8H8ClNO2.C2H6/c9-7-2-1-5(4-10)3-6(7)8(11)12;1-2/h1-3H,4,10H2,(H,11,12);1-2H3. The first kappa shape index (κ1) is 12.9. The molecule has 0 radical (unpaired) electrons. The molecule has 0 unspecified atom stereocenters. The number of carbonyl (C=O) groups is 1. The normalized spacial score (nSPS) is 8.86. The minimum Gasteiger partial charge on any atom is -0.478 e. The zero-order chi connectivity index (χ0) is 11.1. The Morgan fingerprint density at radius 1 is 1.50 bits per heavy atom. The first-order valence-corrected chi connectivity index (χ1v) is 4.74. The van der Waals surface area contributed by atoms with Crippen LogP contribution in [0.1, 0.15) is 29.8 Å². The van der Waals surface area contributed by atoms with Gasteiger partial charge < -0.3 is 10.8 Å². The fourth-order valence-corrected chi connectivity index (χ4v) is 1.06. The van der Waals surface area contributed by atoms with Crippen LogP contribution in [0.4, 0.5) is 0 Å². The van der Waals surface area contributed by atoms with Crippen LogP contribution in [0.25, 0.3) is 0 Å². The molecule has 0 atom stereocenters. The van der Waals surface area contributed by atoms with Crippen LogP contribution in [0.3, 0.4) is 0 Å². The molecule has 0 spiro atoms. The molecule has 0 saturated carbocycles. The SMILES string of the molecule is CC.NCc1ccc(Cl)c(C(=O)O)c1. The first-order chi connectivity index (χ1) is 6.65. The summed E-state index contributed by atoms with van der Waals surface area (Å²) in [5.74, 6) is -1.03. The molecule has 0 aliphatic carbocycles. The predicted octanol–water partition coefficient (Wildman–Crippen LogP) is 2.52. The van der Waals surface area contributed by atoms with Crippen LogP contribution in [-0.2, 0) is 6.54 Å². The van der Waals surface area contributed by atoms with Gasteiger partial charge in [0.15, 0.2) is 0 Å². The number of halogens is 1. The van der Waals surface area contributed by atoms with Crippen molar-refractivity contribution in [3.63, 3.8) is 0 Å². The molecule has 3 N–H and O–H groups in total. The first-order valence-electron chi connectivity index (χ1n) is 4.37. The highest BCUT2D eigenvalue weighted by Crippen LogP contribution is 2.17. The summed E-state index contributed by atoms with van der Waals surface area (Å²) in [4.78, 5) is 10.6. The number of rotatable bonds is 2. The summed E-state index contributed by atoms with van der Waals surface area (Å²) in [5.41, 5.74) is 6.19. The fraction of sp³-hybridized carbons (Fsp3) is 0.300. The van der Waals surface area contributed by atoms with Gasteiger partial charge in [-0.25, -0.2) is 4.79 Å². The molecule has 78 valence electrons. The highest BCUT2D eigenvalue weighted by molar-refractivity contribution is 6.33. The Kier molecular flexibility index (Phi) is 5.92. The molecule has 3 nitrogen and oxygen atoms in total. The monoisotopic (exact) mass is 215 g/mol. The topological polar surface area (TPSA) is 63.3 Å². The Morgan fingerprint density at radius 2 is 2.07 bits per heavy atom. The van der Waals surface area contributed by atoms with Crippen LogP contribution in [0, 0.1) is 0 Å². The van der Waals surface area contributed by atoms with Crippen molar-refractivity contribution in [2.45, 2.75) is 20.4 Å². The van der Waals surface area contributed by atoms with Gasteiger partial charge in [-0.05, 0) is 17.7 Å². The van der Waals surface area contributed by atoms with Gasteiger partial charge in [-0.1, -0.05) is 31.5 Å². The van der Waals surface area contributed by atoms with E-state index >= 15 is 0 Å². The highest BCUT2D eigenvalue weighted by Gasteiger charge is 2.08. The van der Waals surface area contributed by atoms with Gasteiger partial charge in [0.05, 0.1) is 10.6 Å². The van der Waals surface area contributed by atoms with Gasteiger partial charge in [0, 0.05) is 6.54 Å². The average molecular weight is 216 g/mol. The van der Waals surface area contributed by atoms with Gasteiger partial charge in [-0.3, -0.25) is 0 Å². The molecule has 0 heterocycles. The Morgan fingerprint density at radius 3 is 2.50 bits per heavy atom. The molecular weight excluding hydrogens is 202 g/mol. The van der Waals surface area contributed by atoms with Crippen LogP contribution in [0.2, 0.25) is 5.02 Å². The quantitative estimate of drug-likeness (QED) is 0.797. The maximum atomic E-state index is 10.6. The molecule has 0 aromatic heterocycles. The van der Waals surface area contributed by atoms with Crippen molar-refractivity contribution < 1.29 is 9.90 Å². The summed E-state index contributed by atoms with van der Waals surface area (Å²) < 4.78 is 0. The molecular formula is C10H14ClNO2. The van der Waals surface area contributed by atoms with E-state index in [9.17, 15) is 4.79 Å². The van der Waals surface area contributed by atoms with Gasteiger partial charge in [-0.2, -0.15) is 0 Å². The molecule has 1 aromatic carbocycles. The maximum Gasteiger partial charge on any atom is 0.337 e. The van der Waals surface area contributed by atoms with Crippen LogP contribution in [0.15, 0.2) is 18.2 Å². The molecule has 0 fully saturated rings. The molecule has 0 aliphatic rings. The Labute approximate surface area is 88.5 Å². The Bertz CT molecular complexity index is 313. The number of carboxylic acid groups (broad SMARTS) is 1. The van der Waals surface area contributed by atoms with Crippen LogP contribution < -0.4 is 5.73 Å². The van der Waals surface area contributed by atoms with Crippen molar-refractivity contribution in [1.29, 1.82) is 0 Å². The number of benzene rings is 1. The van der Waals surface area contributed by atoms with Gasteiger partial charge in [0.25, 0.3) is 0 Å². The zero-order valence-electron chi connectivity index (χ0n) is 8.25. The molecule has 0 aliphatic heterocycles. The molecule has 14 heavy (non-hydrogen) atoms. The number of carboxylic acids is 1. The van der Waals surface area contributed by atoms with E-state index < -0.39 is 5.97 Å². The summed E-state index contributed by atoms with van der Waals surface area (Å²) in [7, 11) is 0. The molecule has 4 heteroatoms. The average Bonchev–Trinajstić information content (AvgIpc) is 2.21. The van der Waals surface area contributed by atoms with Gasteiger partial charge in [-0.15, -0.1) is 0 Å². The number of aromatic carboxylic acids is 1. The van der Waals surface area contributed by atoms with E-state index in [1.165, 1.54) is 12.1 Å². The molecule has 0 bridgehead atoms. The molecule has 1 rings (SSSR count). The number of hydrogen-bond donors (Lipinski definition) is 2. The lowest BCUT2D eigenvalue weighted by Gasteiger charge is -2.00. The second-order valence-corrected chi connectivity index (χ2v) is 2.73. The third-order valence-corrected chi connectivity index (χ3v) is 1.83. The Hall–Kier alpha value is -1.06. The number of nitrogens with two attached hydrogens (primary N) is 1. The van der Waals surface area contributed by atoms with E-state index in [2.05, 4.69) is 0 Å². The van der Waals surface area contributed by atoms with Crippen molar-refractivity contribution in [2.24, 2.45) is 5.73 Å². The van der Waals surface area contributed by atoms with Crippen molar-refractivity contribution in [3.8, 4) is 0 Å². The Balaban J connectivity index is 0.000000791. The summed E-state index contributed by atoms with van der Waals surface area (Å²) in [6.45, 7) is 4.32. The predicted molar refractivity (Wildman–Crippen MR) is 57.7 cm³/mol. The number of hydrogen-bond acceptors (Lipinski definition) is 2. The molecule has 0 amide bonds. The molecule has 1 aromatic rings. The van der Waals surface area contributed by atoms with E-state index in [1.807, 2.05) is 13.8 Å². The fourth-order valence-electron chi connectivity index (χ4n) is 0.863. The largest absolute Gasteiger partial charge is 0.478 e. The van der Waals surface area contributed by atoms with Crippen molar-refractivity contribution in [2.75, 3.05) is 0 Å². The maximum absolute atomic E-state index is 10.6. The lowest BCUT2D eigenvalue weighted by molar-refractivity contribution is 0.0697. The smallest absolute Gasteiger partial charge is 0.337 e. The van der Waals surface area contributed by atoms with Crippen LogP contribution >= 0.6 is 11.6 Å². The second kappa shape index (κ2) is 6.40. The van der Waals surface area contributed by atoms with E-state index in [0.717, 1.165) is 5.56 Å².